The molecule has 0 aliphatic carbocycles. The van der Waals surface area contributed by atoms with Crippen LogP contribution in [0.2, 0.25) is 0 Å². The molecule has 2 amide bonds. The fourth-order valence-electron chi connectivity index (χ4n) is 2.61. The number of ether oxygens (including phenoxy) is 1. The number of carbonyl (C=O) groups is 2. The minimum Gasteiger partial charge on any atom is -0.479 e. The molecule has 0 radical (unpaired) electrons. The number of nitrogens with zero attached hydrogens (tertiary/aromatic N) is 1. The predicted octanol–water partition coefficient (Wildman–Crippen LogP) is 4.00. The molecule has 1 N–H and O–H groups in total. The van der Waals surface area contributed by atoms with Gasteiger partial charge in [-0.3, -0.25) is 9.59 Å². The van der Waals surface area contributed by atoms with E-state index in [0.29, 0.717) is 29.2 Å². The van der Waals surface area contributed by atoms with Crippen molar-refractivity contribution in [2.45, 2.75) is 13.0 Å². The average molecular weight is 401 g/mol. The number of nitrogens with one attached hydrogen (secondary N) is 1. The number of fused-ring (bicyclic) bond motifs is 1. The summed E-state index contributed by atoms with van der Waals surface area (Å²) in [4.78, 5) is 26.2. The minimum absolute atomic E-state index is 0.112. The van der Waals surface area contributed by atoms with Gasteiger partial charge in [0.2, 0.25) is 0 Å². The second kappa shape index (κ2) is 7.11. The maximum Gasteiger partial charge on any atom is 0.268 e. The first-order valence-corrected chi connectivity index (χ1v) is 8.59. The van der Waals surface area contributed by atoms with Crippen LogP contribution in [0.25, 0.3) is 0 Å². The Hall–Kier alpha value is -2.60. The lowest BCUT2D eigenvalue weighted by Gasteiger charge is -2.32. The number of anilines is 2. The van der Waals surface area contributed by atoms with Gasteiger partial charge in [-0.15, -0.1) is 6.58 Å². The van der Waals surface area contributed by atoms with Crippen molar-refractivity contribution in [3.63, 3.8) is 0 Å². The molecular weight excluding hydrogens is 384 g/mol. The van der Waals surface area contributed by atoms with E-state index < -0.39 is 6.10 Å². The zero-order valence-corrected chi connectivity index (χ0v) is 15.2. The number of halogens is 1. The first-order valence-electron chi connectivity index (χ1n) is 7.79. The molecule has 128 valence electrons. The highest BCUT2D eigenvalue weighted by Gasteiger charge is 2.30. The number of carbonyl (C=O) groups excluding carboxylic acids is 2. The molecule has 1 aliphatic heterocycles. The van der Waals surface area contributed by atoms with E-state index in [0.717, 1.165) is 4.47 Å². The summed E-state index contributed by atoms with van der Waals surface area (Å²) < 4.78 is 6.59. The quantitative estimate of drug-likeness (QED) is 0.788. The van der Waals surface area contributed by atoms with Crippen molar-refractivity contribution < 1.29 is 14.3 Å². The Labute approximate surface area is 154 Å². The van der Waals surface area contributed by atoms with Gasteiger partial charge >= 0.3 is 0 Å². The SMILES string of the molecule is C=CCN1C(=O)C(C)Oc2cc(NC(=O)c3ccc(Br)cc3)ccc21. The molecular formula is C19H17BrN2O3. The first kappa shape index (κ1) is 17.2. The summed E-state index contributed by atoms with van der Waals surface area (Å²) in [5.74, 6) is 0.233. The Morgan fingerprint density at radius 2 is 2.04 bits per heavy atom. The highest BCUT2D eigenvalue weighted by molar-refractivity contribution is 9.10. The molecule has 5 nitrogen and oxygen atoms in total. The molecule has 6 heteroatoms. The number of rotatable bonds is 4. The molecule has 1 heterocycles. The normalized spacial score (nSPS) is 16.0. The van der Waals surface area contributed by atoms with Crippen molar-refractivity contribution in [1.82, 2.24) is 0 Å². The van der Waals surface area contributed by atoms with Gasteiger partial charge in [-0.1, -0.05) is 22.0 Å². The van der Waals surface area contributed by atoms with Crippen LogP contribution < -0.4 is 15.0 Å². The summed E-state index contributed by atoms with van der Waals surface area (Å²) in [5.41, 5.74) is 1.83. The van der Waals surface area contributed by atoms with Crippen LogP contribution >= 0.6 is 15.9 Å². The van der Waals surface area contributed by atoms with Crippen LogP contribution in [0.4, 0.5) is 11.4 Å². The molecule has 3 rings (SSSR count). The summed E-state index contributed by atoms with van der Waals surface area (Å²) >= 11 is 3.34. The number of hydrogen-bond donors (Lipinski definition) is 1. The Bertz CT molecular complexity index is 833. The fraction of sp³-hybridized carbons (Fsp3) is 0.158. The van der Waals surface area contributed by atoms with Gasteiger partial charge in [0.05, 0.1) is 5.69 Å². The van der Waals surface area contributed by atoms with Gasteiger partial charge in [0.25, 0.3) is 11.8 Å². The predicted molar refractivity (Wildman–Crippen MR) is 101 cm³/mol. The lowest BCUT2D eigenvalue weighted by Crippen LogP contribution is -2.44. The minimum atomic E-state index is -0.579. The van der Waals surface area contributed by atoms with E-state index in [-0.39, 0.29) is 11.8 Å². The van der Waals surface area contributed by atoms with Crippen molar-refractivity contribution >= 4 is 39.1 Å². The Morgan fingerprint density at radius 3 is 2.72 bits per heavy atom. The highest BCUT2D eigenvalue weighted by Crippen LogP contribution is 2.36. The number of amides is 2. The van der Waals surface area contributed by atoms with E-state index in [1.807, 2.05) is 12.1 Å². The maximum absolute atomic E-state index is 12.3. The summed E-state index contributed by atoms with van der Waals surface area (Å²) in [6.07, 6.45) is 1.09. The Morgan fingerprint density at radius 1 is 1.32 bits per heavy atom. The van der Waals surface area contributed by atoms with E-state index in [4.69, 9.17) is 4.74 Å². The first-order chi connectivity index (χ1) is 12.0. The molecule has 1 unspecified atom stereocenters. The standard InChI is InChI=1S/C19H17BrN2O3/c1-3-10-22-16-9-8-15(11-17(16)25-12(2)19(22)24)21-18(23)13-4-6-14(20)7-5-13/h3-9,11-12H,1,10H2,2H3,(H,21,23). The Kier molecular flexibility index (Phi) is 4.90. The van der Waals surface area contributed by atoms with E-state index in [1.165, 1.54) is 0 Å². The molecule has 0 spiro atoms. The summed E-state index contributed by atoms with van der Waals surface area (Å²) in [6.45, 7) is 5.80. The fourth-order valence-corrected chi connectivity index (χ4v) is 2.87. The lowest BCUT2D eigenvalue weighted by molar-refractivity contribution is -0.125. The second-order valence-corrected chi connectivity index (χ2v) is 6.56. The zero-order valence-electron chi connectivity index (χ0n) is 13.7. The molecule has 2 aromatic carbocycles. The average Bonchev–Trinajstić information content (AvgIpc) is 2.59. The van der Waals surface area contributed by atoms with Crippen LogP contribution in [0.5, 0.6) is 5.75 Å². The molecule has 0 fully saturated rings. The molecule has 25 heavy (non-hydrogen) atoms. The molecule has 0 aromatic heterocycles. The van der Waals surface area contributed by atoms with Crippen molar-refractivity contribution in [3.05, 3.63) is 65.2 Å². The van der Waals surface area contributed by atoms with Gasteiger partial charge < -0.3 is 15.0 Å². The van der Waals surface area contributed by atoms with E-state index >= 15 is 0 Å². The van der Waals surface area contributed by atoms with Crippen LogP contribution in [0.3, 0.4) is 0 Å². The molecule has 0 bridgehead atoms. The van der Waals surface area contributed by atoms with Crippen LogP contribution in [0.1, 0.15) is 17.3 Å². The molecule has 2 aromatic rings. The molecule has 0 saturated carbocycles. The molecule has 0 saturated heterocycles. The summed E-state index contributed by atoms with van der Waals surface area (Å²) in [7, 11) is 0. The zero-order chi connectivity index (χ0) is 18.0. The maximum atomic E-state index is 12.3. The van der Waals surface area contributed by atoms with Gasteiger partial charge in [-0.2, -0.15) is 0 Å². The van der Waals surface area contributed by atoms with Gasteiger partial charge in [0.15, 0.2) is 6.10 Å². The van der Waals surface area contributed by atoms with Crippen LogP contribution in [-0.4, -0.2) is 24.5 Å². The third kappa shape index (κ3) is 3.58. The van der Waals surface area contributed by atoms with Crippen LogP contribution in [0.15, 0.2) is 59.6 Å². The summed E-state index contributed by atoms with van der Waals surface area (Å²) in [6, 6.07) is 12.3. The van der Waals surface area contributed by atoms with Gasteiger partial charge in [-0.05, 0) is 43.3 Å². The third-order valence-electron chi connectivity index (χ3n) is 3.84. The Balaban J connectivity index is 1.84. The van der Waals surface area contributed by atoms with Crippen LogP contribution in [0, 0.1) is 0 Å². The van der Waals surface area contributed by atoms with E-state index in [1.54, 1.807) is 48.2 Å². The van der Waals surface area contributed by atoms with Crippen molar-refractivity contribution in [2.75, 3.05) is 16.8 Å². The van der Waals surface area contributed by atoms with Crippen molar-refractivity contribution in [3.8, 4) is 5.75 Å². The number of hydrogen-bond acceptors (Lipinski definition) is 3. The van der Waals surface area contributed by atoms with Gasteiger partial charge in [0, 0.05) is 28.3 Å². The largest absolute Gasteiger partial charge is 0.479 e. The topological polar surface area (TPSA) is 58.6 Å². The molecule has 1 aliphatic rings. The second-order valence-electron chi connectivity index (χ2n) is 5.64. The van der Waals surface area contributed by atoms with Gasteiger partial charge in [0.1, 0.15) is 5.75 Å². The van der Waals surface area contributed by atoms with Crippen molar-refractivity contribution in [1.29, 1.82) is 0 Å². The lowest BCUT2D eigenvalue weighted by atomic mass is 10.1. The third-order valence-corrected chi connectivity index (χ3v) is 4.37. The molecule has 1 atom stereocenters. The highest BCUT2D eigenvalue weighted by atomic mass is 79.9. The van der Waals surface area contributed by atoms with Crippen molar-refractivity contribution in [2.24, 2.45) is 0 Å². The van der Waals surface area contributed by atoms with E-state index in [2.05, 4.69) is 27.8 Å². The van der Waals surface area contributed by atoms with E-state index in [9.17, 15) is 9.59 Å². The number of benzene rings is 2. The monoisotopic (exact) mass is 400 g/mol. The van der Waals surface area contributed by atoms with Crippen LogP contribution in [-0.2, 0) is 4.79 Å². The smallest absolute Gasteiger partial charge is 0.268 e. The summed E-state index contributed by atoms with van der Waals surface area (Å²) in [5, 5.41) is 2.84. The van der Waals surface area contributed by atoms with Gasteiger partial charge in [-0.25, -0.2) is 0 Å².